The summed E-state index contributed by atoms with van der Waals surface area (Å²) in [5.41, 5.74) is 0. The SMILES string of the molecule is CC(c1nccs1)N1CCN2CCCC2C1. The highest BCUT2D eigenvalue weighted by molar-refractivity contribution is 7.09. The molecular weight excluding hydrogens is 218 g/mol. The third-order valence-corrected chi connectivity index (χ3v) is 4.92. The lowest BCUT2D eigenvalue weighted by atomic mass is 10.1. The van der Waals surface area contributed by atoms with Gasteiger partial charge in [-0.15, -0.1) is 11.3 Å². The molecule has 3 nitrogen and oxygen atoms in total. The summed E-state index contributed by atoms with van der Waals surface area (Å²) >= 11 is 1.78. The quantitative estimate of drug-likeness (QED) is 0.784. The molecule has 1 aromatic heterocycles. The van der Waals surface area contributed by atoms with Crippen molar-refractivity contribution >= 4 is 11.3 Å². The number of piperazine rings is 1. The molecule has 0 saturated carbocycles. The van der Waals surface area contributed by atoms with Crippen molar-refractivity contribution in [2.75, 3.05) is 26.2 Å². The van der Waals surface area contributed by atoms with Crippen molar-refractivity contribution in [3.63, 3.8) is 0 Å². The van der Waals surface area contributed by atoms with Crippen molar-refractivity contribution in [1.82, 2.24) is 14.8 Å². The number of hydrogen-bond acceptors (Lipinski definition) is 4. The standard InChI is InChI=1S/C12H19N3S/c1-10(12-13-4-8-16-12)15-7-6-14-5-2-3-11(14)9-15/h4,8,10-11H,2-3,5-7,9H2,1H3. The van der Waals surface area contributed by atoms with Gasteiger partial charge in [0, 0.05) is 37.3 Å². The van der Waals surface area contributed by atoms with Gasteiger partial charge in [0.1, 0.15) is 5.01 Å². The van der Waals surface area contributed by atoms with Crippen molar-refractivity contribution in [3.8, 4) is 0 Å². The molecular formula is C12H19N3S. The maximum Gasteiger partial charge on any atom is 0.109 e. The Morgan fingerprint density at radius 3 is 3.19 bits per heavy atom. The molecule has 3 heterocycles. The minimum Gasteiger partial charge on any atom is -0.298 e. The average Bonchev–Trinajstić information content (AvgIpc) is 2.98. The molecule has 2 aliphatic rings. The van der Waals surface area contributed by atoms with Gasteiger partial charge in [-0.2, -0.15) is 0 Å². The third kappa shape index (κ3) is 1.90. The van der Waals surface area contributed by atoms with E-state index < -0.39 is 0 Å². The summed E-state index contributed by atoms with van der Waals surface area (Å²) in [4.78, 5) is 9.70. The van der Waals surface area contributed by atoms with Gasteiger partial charge >= 0.3 is 0 Å². The first kappa shape index (κ1) is 10.7. The second-order valence-electron chi connectivity index (χ2n) is 4.87. The van der Waals surface area contributed by atoms with Gasteiger partial charge in [-0.1, -0.05) is 0 Å². The summed E-state index contributed by atoms with van der Waals surface area (Å²) in [6, 6.07) is 1.32. The number of fused-ring (bicyclic) bond motifs is 1. The lowest BCUT2D eigenvalue weighted by Gasteiger charge is -2.39. The van der Waals surface area contributed by atoms with Crippen LogP contribution in [0.3, 0.4) is 0 Å². The predicted molar refractivity (Wildman–Crippen MR) is 66.7 cm³/mol. The van der Waals surface area contributed by atoms with Crippen molar-refractivity contribution in [1.29, 1.82) is 0 Å². The van der Waals surface area contributed by atoms with Gasteiger partial charge in [0.2, 0.25) is 0 Å². The second kappa shape index (κ2) is 4.43. The van der Waals surface area contributed by atoms with Gasteiger partial charge in [-0.25, -0.2) is 4.98 Å². The zero-order valence-electron chi connectivity index (χ0n) is 9.80. The monoisotopic (exact) mass is 237 g/mol. The predicted octanol–water partition coefficient (Wildman–Crippen LogP) is 1.98. The van der Waals surface area contributed by atoms with Crippen molar-refractivity contribution in [2.24, 2.45) is 0 Å². The smallest absolute Gasteiger partial charge is 0.109 e. The van der Waals surface area contributed by atoms with Crippen LogP contribution in [-0.4, -0.2) is 47.0 Å². The number of hydrogen-bond donors (Lipinski definition) is 0. The fourth-order valence-electron chi connectivity index (χ4n) is 2.96. The molecule has 0 N–H and O–H groups in total. The summed E-state index contributed by atoms with van der Waals surface area (Å²) in [7, 11) is 0. The van der Waals surface area contributed by atoms with Gasteiger partial charge in [-0.3, -0.25) is 9.80 Å². The highest BCUT2D eigenvalue weighted by Gasteiger charge is 2.32. The largest absolute Gasteiger partial charge is 0.298 e. The molecule has 4 heteroatoms. The van der Waals surface area contributed by atoms with E-state index in [1.54, 1.807) is 11.3 Å². The topological polar surface area (TPSA) is 19.4 Å². The van der Waals surface area contributed by atoms with E-state index in [1.807, 2.05) is 6.20 Å². The highest BCUT2D eigenvalue weighted by atomic mass is 32.1. The highest BCUT2D eigenvalue weighted by Crippen LogP contribution is 2.28. The Hall–Kier alpha value is -0.450. The molecule has 3 rings (SSSR count). The molecule has 88 valence electrons. The molecule has 2 atom stereocenters. The Kier molecular flexibility index (Phi) is 2.96. The van der Waals surface area contributed by atoms with Crippen LogP contribution in [0.1, 0.15) is 30.8 Å². The van der Waals surface area contributed by atoms with E-state index in [-0.39, 0.29) is 0 Å². The van der Waals surface area contributed by atoms with E-state index in [0.717, 1.165) is 6.04 Å². The van der Waals surface area contributed by atoms with Gasteiger partial charge in [0.25, 0.3) is 0 Å². The Labute approximate surface area is 101 Å². The van der Waals surface area contributed by atoms with Crippen LogP contribution >= 0.6 is 11.3 Å². The Morgan fingerprint density at radius 2 is 2.38 bits per heavy atom. The van der Waals surface area contributed by atoms with E-state index in [1.165, 1.54) is 44.0 Å². The normalized spacial score (nSPS) is 29.2. The van der Waals surface area contributed by atoms with Crippen LogP contribution in [0.2, 0.25) is 0 Å². The van der Waals surface area contributed by atoms with E-state index in [0.29, 0.717) is 6.04 Å². The summed E-state index contributed by atoms with van der Waals surface area (Å²) in [6.45, 7) is 7.31. The lowest BCUT2D eigenvalue weighted by molar-refractivity contribution is 0.0769. The molecule has 0 bridgehead atoms. The average molecular weight is 237 g/mol. The minimum atomic E-state index is 0.503. The first-order valence-electron chi connectivity index (χ1n) is 6.22. The third-order valence-electron chi connectivity index (χ3n) is 3.98. The van der Waals surface area contributed by atoms with Gasteiger partial charge in [-0.05, 0) is 26.3 Å². The first-order chi connectivity index (χ1) is 7.84. The van der Waals surface area contributed by atoms with Crippen LogP contribution in [0.5, 0.6) is 0 Å². The van der Waals surface area contributed by atoms with Gasteiger partial charge < -0.3 is 0 Å². The number of aromatic nitrogens is 1. The minimum absolute atomic E-state index is 0.503. The van der Waals surface area contributed by atoms with Crippen molar-refractivity contribution < 1.29 is 0 Å². The summed E-state index contributed by atoms with van der Waals surface area (Å²) in [5.74, 6) is 0. The van der Waals surface area contributed by atoms with Gasteiger partial charge in [0.15, 0.2) is 0 Å². The Balaban J connectivity index is 1.67. The van der Waals surface area contributed by atoms with Crippen molar-refractivity contribution in [3.05, 3.63) is 16.6 Å². The van der Waals surface area contributed by atoms with Crippen LogP contribution in [0.25, 0.3) is 0 Å². The van der Waals surface area contributed by atoms with E-state index >= 15 is 0 Å². The van der Waals surface area contributed by atoms with Crippen LogP contribution in [0.15, 0.2) is 11.6 Å². The molecule has 0 radical (unpaired) electrons. The molecule has 2 saturated heterocycles. The zero-order chi connectivity index (χ0) is 11.0. The van der Waals surface area contributed by atoms with E-state index in [4.69, 9.17) is 0 Å². The van der Waals surface area contributed by atoms with E-state index in [2.05, 4.69) is 27.1 Å². The number of rotatable bonds is 2. The summed E-state index contributed by atoms with van der Waals surface area (Å²) in [6.07, 6.45) is 4.70. The molecule has 0 spiro atoms. The maximum atomic E-state index is 4.44. The second-order valence-corrected chi connectivity index (χ2v) is 5.80. The van der Waals surface area contributed by atoms with Crippen LogP contribution in [-0.2, 0) is 0 Å². The molecule has 0 aromatic carbocycles. The molecule has 16 heavy (non-hydrogen) atoms. The molecule has 2 unspecified atom stereocenters. The molecule has 2 fully saturated rings. The summed E-state index contributed by atoms with van der Waals surface area (Å²) < 4.78 is 0. The fraction of sp³-hybridized carbons (Fsp3) is 0.750. The summed E-state index contributed by atoms with van der Waals surface area (Å²) in [5, 5.41) is 3.35. The number of thiazole rings is 1. The first-order valence-corrected chi connectivity index (χ1v) is 7.10. The van der Waals surface area contributed by atoms with Crippen molar-refractivity contribution in [2.45, 2.75) is 31.8 Å². The zero-order valence-corrected chi connectivity index (χ0v) is 10.6. The molecule has 0 amide bonds. The lowest BCUT2D eigenvalue weighted by Crippen LogP contribution is -2.50. The van der Waals surface area contributed by atoms with E-state index in [9.17, 15) is 0 Å². The van der Waals surface area contributed by atoms with Crippen LogP contribution < -0.4 is 0 Å². The molecule has 2 aliphatic heterocycles. The fourth-order valence-corrected chi connectivity index (χ4v) is 3.69. The number of nitrogens with zero attached hydrogens (tertiary/aromatic N) is 3. The van der Waals surface area contributed by atoms with Gasteiger partial charge in [0.05, 0.1) is 6.04 Å². The van der Waals surface area contributed by atoms with Crippen LogP contribution in [0, 0.1) is 0 Å². The molecule has 1 aromatic rings. The van der Waals surface area contributed by atoms with Crippen LogP contribution in [0.4, 0.5) is 0 Å². The Morgan fingerprint density at radius 1 is 1.44 bits per heavy atom. The maximum absolute atomic E-state index is 4.44. The Bertz CT molecular complexity index is 338. The molecule has 0 aliphatic carbocycles.